The number of piperazine rings is 1. The third kappa shape index (κ3) is 3.24. The molecule has 1 aliphatic rings. The van der Waals surface area contributed by atoms with Gasteiger partial charge < -0.3 is 4.90 Å². The highest BCUT2D eigenvalue weighted by atomic mass is 35.5. The van der Waals surface area contributed by atoms with Crippen LogP contribution in [0.2, 0.25) is 5.02 Å². The number of aromatic nitrogens is 3. The summed E-state index contributed by atoms with van der Waals surface area (Å²) < 4.78 is 43.0. The van der Waals surface area contributed by atoms with Crippen LogP contribution in [-0.2, 0) is 10.0 Å². The number of halogens is 2. The molecule has 2 aromatic heterocycles. The fourth-order valence-electron chi connectivity index (χ4n) is 3.94. The van der Waals surface area contributed by atoms with Gasteiger partial charge in [-0.25, -0.2) is 22.3 Å². The van der Waals surface area contributed by atoms with E-state index in [-0.39, 0.29) is 18.0 Å². The van der Waals surface area contributed by atoms with Gasteiger partial charge in [-0.3, -0.25) is 0 Å². The van der Waals surface area contributed by atoms with Crippen molar-refractivity contribution in [1.82, 2.24) is 18.9 Å². The first-order chi connectivity index (χ1) is 14.9. The molecule has 5 rings (SSSR count). The number of nitrogens with zero attached hydrogens (tertiary/aromatic N) is 5. The van der Waals surface area contributed by atoms with Crippen LogP contribution in [0.5, 0.6) is 0 Å². The van der Waals surface area contributed by atoms with E-state index in [1.807, 2.05) is 36.1 Å². The molecule has 0 saturated carbocycles. The van der Waals surface area contributed by atoms with Crippen LogP contribution < -0.4 is 4.90 Å². The molecule has 0 aliphatic carbocycles. The van der Waals surface area contributed by atoms with Crippen LogP contribution in [-0.4, -0.2) is 53.5 Å². The number of sulfonamides is 1. The number of hydrogen-bond acceptors (Lipinski definition) is 5. The summed E-state index contributed by atoms with van der Waals surface area (Å²) in [6.45, 7) is 3.13. The summed E-state index contributed by atoms with van der Waals surface area (Å²) in [4.78, 5) is 6.51. The zero-order valence-electron chi connectivity index (χ0n) is 16.7. The zero-order chi connectivity index (χ0) is 21.8. The summed E-state index contributed by atoms with van der Waals surface area (Å²) in [6.07, 6.45) is 0. The highest BCUT2D eigenvalue weighted by Crippen LogP contribution is 2.31. The average molecular weight is 460 g/mol. The second-order valence-electron chi connectivity index (χ2n) is 7.41. The molecule has 1 saturated heterocycles. The fourth-order valence-corrected chi connectivity index (χ4v) is 5.59. The van der Waals surface area contributed by atoms with E-state index in [2.05, 4.69) is 5.10 Å². The lowest BCUT2D eigenvalue weighted by Crippen LogP contribution is -2.49. The van der Waals surface area contributed by atoms with Crippen molar-refractivity contribution in [3.05, 3.63) is 65.1 Å². The van der Waals surface area contributed by atoms with Gasteiger partial charge in [0.1, 0.15) is 21.6 Å². The predicted molar refractivity (Wildman–Crippen MR) is 118 cm³/mol. The molecule has 0 unspecified atom stereocenters. The summed E-state index contributed by atoms with van der Waals surface area (Å²) in [7, 11) is -3.90. The van der Waals surface area contributed by atoms with Gasteiger partial charge >= 0.3 is 0 Å². The Balaban J connectivity index is 1.49. The normalized spacial score (nSPS) is 15.8. The van der Waals surface area contributed by atoms with Crippen LogP contribution >= 0.6 is 11.6 Å². The molecule has 1 fully saturated rings. The van der Waals surface area contributed by atoms with E-state index in [1.54, 1.807) is 4.52 Å². The van der Waals surface area contributed by atoms with Gasteiger partial charge in [0.2, 0.25) is 10.0 Å². The lowest BCUT2D eigenvalue weighted by Gasteiger charge is -2.35. The summed E-state index contributed by atoms with van der Waals surface area (Å²) in [5.41, 5.74) is 2.13. The van der Waals surface area contributed by atoms with Gasteiger partial charge in [0.15, 0.2) is 5.65 Å². The minimum Gasteiger partial charge on any atom is -0.353 e. The first-order valence-electron chi connectivity index (χ1n) is 9.81. The summed E-state index contributed by atoms with van der Waals surface area (Å²) in [5, 5.41) is 5.89. The molecule has 0 bridgehead atoms. The fraction of sp³-hybridized carbons (Fsp3) is 0.238. The molecule has 10 heteroatoms. The number of rotatable bonds is 3. The topological polar surface area (TPSA) is 70.8 Å². The zero-order valence-corrected chi connectivity index (χ0v) is 18.2. The Hall–Kier alpha value is -2.75. The summed E-state index contributed by atoms with van der Waals surface area (Å²) in [6, 6.07) is 13.2. The Kier molecular flexibility index (Phi) is 4.84. The number of aryl methyl sites for hydroxylation is 1. The van der Waals surface area contributed by atoms with Crippen molar-refractivity contribution >= 4 is 44.0 Å². The number of fused-ring (bicyclic) bond motifs is 3. The smallest absolute Gasteiger partial charge is 0.246 e. The highest BCUT2D eigenvalue weighted by molar-refractivity contribution is 7.89. The molecular formula is C21H19ClFN5O2S. The van der Waals surface area contributed by atoms with Crippen molar-refractivity contribution in [2.45, 2.75) is 11.8 Å². The Labute approximate surface area is 183 Å². The first-order valence-corrected chi connectivity index (χ1v) is 11.6. The minimum atomic E-state index is -3.90. The Morgan fingerprint density at radius 2 is 1.68 bits per heavy atom. The van der Waals surface area contributed by atoms with Crippen LogP contribution in [0.15, 0.2) is 53.4 Å². The van der Waals surface area contributed by atoms with Gasteiger partial charge in [0, 0.05) is 31.6 Å². The maximum Gasteiger partial charge on any atom is 0.246 e. The van der Waals surface area contributed by atoms with Crippen molar-refractivity contribution in [2.75, 3.05) is 31.1 Å². The van der Waals surface area contributed by atoms with Crippen LogP contribution in [0, 0.1) is 12.7 Å². The predicted octanol–water partition coefficient (Wildman–Crippen LogP) is 3.49. The Bertz CT molecular complexity index is 1410. The summed E-state index contributed by atoms with van der Waals surface area (Å²) >= 11 is 6.43. The van der Waals surface area contributed by atoms with Gasteiger partial charge in [-0.15, -0.1) is 0 Å². The largest absolute Gasteiger partial charge is 0.353 e. The monoisotopic (exact) mass is 459 g/mol. The highest BCUT2D eigenvalue weighted by Gasteiger charge is 2.31. The SMILES string of the molecule is Cc1nn2c(nc(N3CCN(S(=O)(=O)c4ccccc4F)CC3)c3ccccc32)c1Cl. The van der Waals surface area contributed by atoms with Crippen molar-refractivity contribution in [2.24, 2.45) is 0 Å². The molecule has 1 aliphatic heterocycles. The maximum atomic E-state index is 14.1. The first kappa shape index (κ1) is 20.2. The third-order valence-electron chi connectivity index (χ3n) is 5.54. The van der Waals surface area contributed by atoms with Crippen LogP contribution in [0.4, 0.5) is 10.2 Å². The molecule has 7 nitrogen and oxygen atoms in total. The molecule has 160 valence electrons. The second kappa shape index (κ2) is 7.44. The van der Waals surface area contributed by atoms with E-state index in [0.29, 0.717) is 29.5 Å². The van der Waals surface area contributed by atoms with Gasteiger partial charge in [-0.1, -0.05) is 35.9 Å². The number of hydrogen-bond donors (Lipinski definition) is 0. The second-order valence-corrected chi connectivity index (χ2v) is 9.69. The molecule has 0 spiro atoms. The van der Waals surface area contributed by atoms with E-state index < -0.39 is 15.8 Å². The van der Waals surface area contributed by atoms with Crippen molar-refractivity contribution in [3.8, 4) is 0 Å². The summed E-state index contributed by atoms with van der Waals surface area (Å²) in [5.74, 6) is -0.0124. The van der Waals surface area contributed by atoms with Gasteiger partial charge in [-0.2, -0.15) is 9.40 Å². The Morgan fingerprint density at radius 1 is 1.00 bits per heavy atom. The van der Waals surface area contributed by atoms with Gasteiger partial charge in [0.05, 0.1) is 11.2 Å². The third-order valence-corrected chi connectivity index (χ3v) is 7.92. The molecule has 0 N–H and O–H groups in total. The van der Waals surface area contributed by atoms with E-state index in [0.717, 1.165) is 22.8 Å². The minimum absolute atomic E-state index is 0.226. The molecule has 2 aromatic carbocycles. The van der Waals surface area contributed by atoms with Crippen molar-refractivity contribution < 1.29 is 12.8 Å². The standard InChI is InChI=1S/C21H19ClFN5O2S/c1-14-19(22)21-24-20(15-6-2-4-8-17(15)28(21)25-14)26-10-12-27(13-11-26)31(29,30)18-9-5-3-7-16(18)23/h2-9H,10-13H2,1H3. The quantitative estimate of drug-likeness (QED) is 0.469. The van der Waals surface area contributed by atoms with Crippen molar-refractivity contribution in [1.29, 1.82) is 0 Å². The Morgan fingerprint density at radius 3 is 2.42 bits per heavy atom. The number of para-hydroxylation sites is 1. The number of anilines is 1. The van der Waals surface area contributed by atoms with E-state index in [4.69, 9.17) is 16.6 Å². The lowest BCUT2D eigenvalue weighted by atomic mass is 10.2. The average Bonchev–Trinajstić information content (AvgIpc) is 3.07. The molecule has 0 amide bonds. The maximum absolute atomic E-state index is 14.1. The van der Waals surface area contributed by atoms with Crippen LogP contribution in [0.1, 0.15) is 5.69 Å². The molecule has 4 aromatic rings. The lowest BCUT2D eigenvalue weighted by molar-refractivity contribution is 0.381. The molecular weight excluding hydrogens is 441 g/mol. The van der Waals surface area contributed by atoms with E-state index in [9.17, 15) is 12.8 Å². The van der Waals surface area contributed by atoms with Crippen LogP contribution in [0.3, 0.4) is 0 Å². The molecule has 0 atom stereocenters. The molecule has 31 heavy (non-hydrogen) atoms. The van der Waals surface area contributed by atoms with Crippen molar-refractivity contribution in [3.63, 3.8) is 0 Å². The molecule has 0 radical (unpaired) electrons. The van der Waals surface area contributed by atoms with Gasteiger partial charge in [-0.05, 0) is 31.2 Å². The van der Waals surface area contributed by atoms with E-state index >= 15 is 0 Å². The molecule has 3 heterocycles. The van der Waals surface area contributed by atoms with Crippen LogP contribution in [0.25, 0.3) is 16.6 Å². The van der Waals surface area contributed by atoms with E-state index in [1.165, 1.54) is 22.5 Å². The number of benzene rings is 2. The van der Waals surface area contributed by atoms with Gasteiger partial charge in [0.25, 0.3) is 0 Å².